The summed E-state index contributed by atoms with van der Waals surface area (Å²) in [4.78, 5) is 12.9. The van der Waals surface area contributed by atoms with Crippen molar-refractivity contribution in [2.45, 2.75) is 18.6 Å². The van der Waals surface area contributed by atoms with Gasteiger partial charge in [-0.2, -0.15) is 0 Å². The van der Waals surface area contributed by atoms with E-state index >= 15 is 0 Å². The van der Waals surface area contributed by atoms with Gasteiger partial charge in [0, 0.05) is 29.7 Å². The van der Waals surface area contributed by atoms with Crippen molar-refractivity contribution >= 4 is 5.97 Å². The summed E-state index contributed by atoms with van der Waals surface area (Å²) in [7, 11) is 0. The lowest BCUT2D eigenvalue weighted by Gasteiger charge is -2.34. The summed E-state index contributed by atoms with van der Waals surface area (Å²) in [5, 5.41) is 59.8. The fourth-order valence-electron chi connectivity index (χ4n) is 3.71. The highest BCUT2D eigenvalue weighted by Gasteiger charge is 2.37. The van der Waals surface area contributed by atoms with E-state index in [9.17, 15) is 35.4 Å². The van der Waals surface area contributed by atoms with Crippen molar-refractivity contribution in [3.8, 4) is 58.3 Å². The summed E-state index contributed by atoms with van der Waals surface area (Å²) >= 11 is 0. The van der Waals surface area contributed by atoms with Crippen LogP contribution in [0.15, 0.2) is 42.5 Å². The number of carbonyl (C=O) groups excluding carboxylic acids is 1. The van der Waals surface area contributed by atoms with Crippen molar-refractivity contribution in [3.63, 3.8) is 0 Å². The molecule has 0 radical (unpaired) electrons. The Morgan fingerprint density at radius 2 is 1.69 bits per heavy atom. The van der Waals surface area contributed by atoms with E-state index < -0.39 is 35.4 Å². The van der Waals surface area contributed by atoms with Gasteiger partial charge in [-0.25, -0.2) is 4.79 Å². The van der Waals surface area contributed by atoms with Gasteiger partial charge in [0.25, 0.3) is 0 Å². The van der Waals surface area contributed by atoms with Crippen molar-refractivity contribution in [2.24, 2.45) is 0 Å². The third-order valence-electron chi connectivity index (χ3n) is 5.35. The molecule has 10 nitrogen and oxygen atoms in total. The summed E-state index contributed by atoms with van der Waals surface area (Å²) in [5.41, 5.74) is 0.376. The Balaban J connectivity index is 1.68. The average Bonchev–Trinajstić information content (AvgIpc) is 2.81. The van der Waals surface area contributed by atoms with Crippen LogP contribution in [0.1, 0.15) is 27.6 Å². The molecule has 2 unspecified atom stereocenters. The third kappa shape index (κ3) is 4.60. The molecule has 2 atom stereocenters. The van der Waals surface area contributed by atoms with Gasteiger partial charge in [0.2, 0.25) is 0 Å². The Bertz CT molecular complexity index is 1320. The fraction of sp³-hybridized carbons (Fsp3) is 0.160. The predicted octanol–water partition coefficient (Wildman–Crippen LogP) is 2.83. The Morgan fingerprint density at radius 1 is 0.971 bits per heavy atom. The van der Waals surface area contributed by atoms with E-state index in [0.717, 1.165) is 24.3 Å². The van der Waals surface area contributed by atoms with Crippen LogP contribution in [0.3, 0.4) is 0 Å². The van der Waals surface area contributed by atoms with E-state index in [1.807, 2.05) is 0 Å². The highest BCUT2D eigenvalue weighted by Crippen LogP contribution is 2.45. The molecule has 3 aromatic rings. The Kier molecular flexibility index (Phi) is 6.08. The fourth-order valence-corrected chi connectivity index (χ4v) is 3.71. The minimum Gasteiger partial charge on any atom is -0.508 e. The normalized spacial score (nSPS) is 16.4. The first-order valence-corrected chi connectivity index (χ1v) is 10.2. The summed E-state index contributed by atoms with van der Waals surface area (Å²) in [6.07, 6.45) is 2.87. The molecule has 0 saturated heterocycles. The number of terminal acetylenes is 1. The molecule has 180 valence electrons. The summed E-state index contributed by atoms with van der Waals surface area (Å²) in [6.45, 7) is -0.0801. The lowest BCUT2D eigenvalue weighted by molar-refractivity contribution is -0.0189. The molecule has 0 aromatic heterocycles. The predicted molar refractivity (Wildman–Crippen MR) is 120 cm³/mol. The molecule has 35 heavy (non-hydrogen) atoms. The zero-order valence-corrected chi connectivity index (χ0v) is 18.0. The minimum absolute atomic E-state index is 0.0218. The number of carbonyl (C=O) groups is 1. The van der Waals surface area contributed by atoms with Crippen LogP contribution in [-0.2, 0) is 11.2 Å². The summed E-state index contributed by atoms with van der Waals surface area (Å²) in [6, 6.07) is 8.44. The number of benzene rings is 3. The molecule has 6 N–H and O–H groups in total. The van der Waals surface area contributed by atoms with E-state index in [1.165, 1.54) is 18.2 Å². The highest BCUT2D eigenvalue weighted by molar-refractivity contribution is 5.90. The van der Waals surface area contributed by atoms with Gasteiger partial charge in [0.1, 0.15) is 30.0 Å². The summed E-state index contributed by atoms with van der Waals surface area (Å²) < 4.78 is 16.7. The van der Waals surface area contributed by atoms with E-state index in [4.69, 9.17) is 20.6 Å². The van der Waals surface area contributed by atoms with Gasteiger partial charge >= 0.3 is 5.97 Å². The third-order valence-corrected chi connectivity index (χ3v) is 5.35. The molecule has 10 heteroatoms. The largest absolute Gasteiger partial charge is 0.508 e. The van der Waals surface area contributed by atoms with Crippen LogP contribution in [-0.4, -0.2) is 49.3 Å². The molecule has 1 aliphatic rings. The molecule has 4 rings (SSSR count). The molecular formula is C25H20O10. The maximum Gasteiger partial charge on any atom is 0.338 e. The van der Waals surface area contributed by atoms with Gasteiger partial charge < -0.3 is 44.8 Å². The molecule has 0 amide bonds. The van der Waals surface area contributed by atoms with Crippen LogP contribution in [0.25, 0.3) is 0 Å². The van der Waals surface area contributed by atoms with Crippen LogP contribution in [0.2, 0.25) is 0 Å². The number of ether oxygens (including phenoxy) is 3. The van der Waals surface area contributed by atoms with Crippen LogP contribution < -0.4 is 9.47 Å². The molecule has 3 aromatic carbocycles. The molecular weight excluding hydrogens is 460 g/mol. The van der Waals surface area contributed by atoms with Gasteiger partial charge in [-0.15, -0.1) is 6.42 Å². The quantitative estimate of drug-likeness (QED) is 0.182. The second kappa shape index (κ2) is 9.15. The molecule has 0 fully saturated rings. The van der Waals surface area contributed by atoms with Crippen molar-refractivity contribution < 1.29 is 49.6 Å². The number of hydrogen-bond acceptors (Lipinski definition) is 10. The number of phenolic OH excluding ortho intramolecular Hbond substituents is 6. The Morgan fingerprint density at radius 3 is 2.34 bits per heavy atom. The van der Waals surface area contributed by atoms with Crippen molar-refractivity contribution in [1.29, 1.82) is 0 Å². The zero-order valence-electron chi connectivity index (χ0n) is 18.0. The van der Waals surface area contributed by atoms with Crippen LogP contribution in [0.4, 0.5) is 0 Å². The number of fused-ring (bicyclic) bond motifs is 1. The number of phenols is 6. The molecule has 0 bridgehead atoms. The van der Waals surface area contributed by atoms with E-state index in [1.54, 1.807) is 0 Å². The molecule has 1 heterocycles. The van der Waals surface area contributed by atoms with Crippen LogP contribution >= 0.6 is 0 Å². The monoisotopic (exact) mass is 480 g/mol. The second-order valence-electron chi connectivity index (χ2n) is 7.71. The zero-order chi connectivity index (χ0) is 25.3. The van der Waals surface area contributed by atoms with E-state index in [0.29, 0.717) is 0 Å². The number of hydrogen-bond donors (Lipinski definition) is 6. The second-order valence-corrected chi connectivity index (χ2v) is 7.71. The lowest BCUT2D eigenvalue weighted by Crippen LogP contribution is -2.34. The van der Waals surface area contributed by atoms with Gasteiger partial charge in [-0.05, 0) is 30.3 Å². The molecule has 0 aliphatic carbocycles. The standard InChI is InChI=1S/C25H20O10/c1-2-5-33-20-4-3-12(6-17(20)28)25(32)35-22-11-15-16(27)9-14(26)10-21(15)34-24(22)13-7-18(29)23(31)19(30)8-13/h1,3-4,6-10,22,24,26-31H,5,11H2. The molecule has 0 spiro atoms. The first-order valence-electron chi connectivity index (χ1n) is 10.2. The van der Waals surface area contributed by atoms with Crippen LogP contribution in [0, 0.1) is 12.3 Å². The Hall–Kier alpha value is -4.91. The van der Waals surface area contributed by atoms with Crippen molar-refractivity contribution in [3.05, 3.63) is 59.2 Å². The van der Waals surface area contributed by atoms with Gasteiger partial charge in [-0.1, -0.05) is 5.92 Å². The van der Waals surface area contributed by atoms with Crippen molar-refractivity contribution in [2.75, 3.05) is 6.61 Å². The van der Waals surface area contributed by atoms with E-state index in [2.05, 4.69) is 5.92 Å². The highest BCUT2D eigenvalue weighted by atomic mass is 16.6. The summed E-state index contributed by atoms with van der Waals surface area (Å²) in [5.74, 6) is -1.32. The van der Waals surface area contributed by atoms with Crippen molar-refractivity contribution in [1.82, 2.24) is 0 Å². The molecule has 0 saturated carbocycles. The number of esters is 1. The van der Waals surface area contributed by atoms with Crippen LogP contribution in [0.5, 0.6) is 46.0 Å². The average molecular weight is 480 g/mol. The first-order chi connectivity index (χ1) is 16.7. The Labute approximate surface area is 198 Å². The van der Waals surface area contributed by atoms with E-state index in [-0.39, 0.29) is 58.5 Å². The smallest absolute Gasteiger partial charge is 0.338 e. The van der Waals surface area contributed by atoms with Gasteiger partial charge in [-0.3, -0.25) is 0 Å². The maximum absolute atomic E-state index is 12.9. The minimum atomic E-state index is -1.11. The topological polar surface area (TPSA) is 166 Å². The SMILES string of the molecule is C#CCOc1ccc(C(=O)OC2Cc3c(O)cc(O)cc3OC2c2cc(O)c(O)c(O)c2)cc1O. The van der Waals surface area contributed by atoms with Gasteiger partial charge in [0.05, 0.1) is 5.56 Å². The lowest BCUT2D eigenvalue weighted by atomic mass is 9.93. The number of rotatable bonds is 5. The number of aromatic hydroxyl groups is 6. The maximum atomic E-state index is 12.9. The van der Waals surface area contributed by atoms with Gasteiger partial charge in [0.15, 0.2) is 34.9 Å². The molecule has 1 aliphatic heterocycles. The first kappa shape index (κ1) is 23.3.